The zero-order valence-corrected chi connectivity index (χ0v) is 13.1. The minimum Gasteiger partial charge on any atom is -0.367 e. The molecule has 3 N–H and O–H groups in total. The monoisotopic (exact) mass is 298 g/mol. The largest absolute Gasteiger partial charge is 0.367 e. The van der Waals surface area contributed by atoms with Crippen molar-refractivity contribution in [2.24, 2.45) is 0 Å². The molecule has 0 unspecified atom stereocenters. The number of hydrogen-bond acceptors (Lipinski definition) is 3. The highest BCUT2D eigenvalue weighted by molar-refractivity contribution is 8.00. The molecule has 108 valence electrons. The molecule has 4 nitrogen and oxygen atoms in total. The van der Waals surface area contributed by atoms with Gasteiger partial charge in [-0.25, -0.2) is 0 Å². The fourth-order valence-corrected chi connectivity index (χ4v) is 2.74. The first-order valence-electron chi connectivity index (χ1n) is 6.86. The van der Waals surface area contributed by atoms with Crippen LogP contribution in [0.25, 0.3) is 10.9 Å². The van der Waals surface area contributed by atoms with Crippen molar-refractivity contribution in [3.8, 4) is 6.07 Å². The zero-order valence-electron chi connectivity index (χ0n) is 12.3. The van der Waals surface area contributed by atoms with Gasteiger partial charge in [-0.1, -0.05) is 19.9 Å². The third-order valence-corrected chi connectivity index (χ3v) is 3.82. The van der Waals surface area contributed by atoms with Crippen LogP contribution in [0.4, 0.5) is 5.69 Å². The topological polar surface area (TPSA) is 67.4 Å². The van der Waals surface area contributed by atoms with E-state index in [1.54, 1.807) is 6.20 Å². The maximum absolute atomic E-state index is 9.12. The molecule has 0 saturated carbocycles. The van der Waals surface area contributed by atoms with Crippen molar-refractivity contribution in [2.75, 3.05) is 4.72 Å². The van der Waals surface area contributed by atoms with Crippen LogP contribution in [0.1, 0.15) is 25.0 Å². The van der Waals surface area contributed by atoms with Crippen LogP contribution in [-0.2, 0) is 0 Å². The lowest BCUT2D eigenvalue weighted by atomic mass is 10.1. The number of nitrogens with zero attached hydrogens (tertiary/aromatic N) is 1. The number of benzene rings is 1. The van der Waals surface area contributed by atoms with Gasteiger partial charge in [0.15, 0.2) is 0 Å². The van der Waals surface area contributed by atoms with Crippen LogP contribution >= 0.6 is 11.9 Å². The first-order valence-corrected chi connectivity index (χ1v) is 7.67. The lowest BCUT2D eigenvalue weighted by molar-refractivity contribution is 1.38. The first-order chi connectivity index (χ1) is 10.3. The van der Waals surface area contributed by atoms with Crippen LogP contribution < -0.4 is 4.72 Å². The Hall–Kier alpha value is -2.32. The molecule has 0 amide bonds. The highest BCUT2D eigenvalue weighted by Gasteiger charge is 2.10. The summed E-state index contributed by atoms with van der Waals surface area (Å²) in [5.74, 6) is 0. The Balaban J connectivity index is 0.000000774. The number of hydrogen-bond donors (Lipinski definition) is 3. The summed E-state index contributed by atoms with van der Waals surface area (Å²) in [7, 11) is 0. The van der Waals surface area contributed by atoms with Gasteiger partial charge in [0.25, 0.3) is 0 Å². The molecule has 0 fully saturated rings. The van der Waals surface area contributed by atoms with E-state index in [0.29, 0.717) is 5.56 Å². The zero-order chi connectivity index (χ0) is 15.2. The standard InChI is InChI=1S/C14H12N4S.C2H6/c1-9-2-3-12(18-19-11-4-5-16-8-11)14-13(9)10(6-15)7-17-14;1-2/h2-5,7-8,16-18H,1H3;1-2H3. The first kappa shape index (κ1) is 15.1. The van der Waals surface area contributed by atoms with Gasteiger partial charge >= 0.3 is 0 Å². The summed E-state index contributed by atoms with van der Waals surface area (Å²) < 4.78 is 3.31. The summed E-state index contributed by atoms with van der Waals surface area (Å²) in [5.41, 5.74) is 3.74. The van der Waals surface area contributed by atoms with Crippen molar-refractivity contribution >= 4 is 28.5 Å². The number of anilines is 1. The minimum absolute atomic E-state index is 0.683. The van der Waals surface area contributed by atoms with Gasteiger partial charge in [-0.3, -0.25) is 0 Å². The second kappa shape index (κ2) is 6.91. The summed E-state index contributed by atoms with van der Waals surface area (Å²) in [5, 5.41) is 10.1. The van der Waals surface area contributed by atoms with E-state index in [2.05, 4.69) is 20.8 Å². The lowest BCUT2D eigenvalue weighted by Gasteiger charge is -2.07. The molecule has 0 radical (unpaired) electrons. The van der Waals surface area contributed by atoms with Crippen LogP contribution in [0.2, 0.25) is 0 Å². The third kappa shape index (κ3) is 3.06. The molecule has 3 rings (SSSR count). The van der Waals surface area contributed by atoms with Gasteiger partial charge in [0.1, 0.15) is 6.07 Å². The molecule has 0 saturated heterocycles. The summed E-state index contributed by atoms with van der Waals surface area (Å²) in [4.78, 5) is 7.30. The number of aryl methyl sites for hydroxylation is 1. The average Bonchev–Trinajstić information content (AvgIpc) is 3.18. The molecule has 5 heteroatoms. The van der Waals surface area contributed by atoms with Gasteiger partial charge in [-0.05, 0) is 36.6 Å². The van der Waals surface area contributed by atoms with Gasteiger partial charge in [0.05, 0.1) is 16.8 Å². The van der Waals surface area contributed by atoms with E-state index in [9.17, 15) is 0 Å². The summed E-state index contributed by atoms with van der Waals surface area (Å²) >= 11 is 1.53. The minimum atomic E-state index is 0.683. The lowest BCUT2D eigenvalue weighted by Crippen LogP contribution is -1.89. The van der Waals surface area contributed by atoms with Crippen LogP contribution in [0.5, 0.6) is 0 Å². The fourth-order valence-electron chi connectivity index (χ4n) is 2.08. The van der Waals surface area contributed by atoms with Crippen LogP contribution in [0.15, 0.2) is 41.7 Å². The molecule has 1 aromatic carbocycles. The molecule has 0 atom stereocenters. The molecule has 0 aliphatic rings. The van der Waals surface area contributed by atoms with Crippen LogP contribution in [0, 0.1) is 18.3 Å². The Morgan fingerprint density at radius 3 is 2.67 bits per heavy atom. The van der Waals surface area contributed by atoms with E-state index >= 15 is 0 Å². The van der Waals surface area contributed by atoms with Crippen molar-refractivity contribution < 1.29 is 0 Å². The number of rotatable bonds is 3. The predicted molar refractivity (Wildman–Crippen MR) is 89.4 cm³/mol. The fraction of sp³-hybridized carbons (Fsp3) is 0.188. The van der Waals surface area contributed by atoms with Gasteiger partial charge in [-0.2, -0.15) is 5.26 Å². The van der Waals surface area contributed by atoms with E-state index in [0.717, 1.165) is 27.0 Å². The summed E-state index contributed by atoms with van der Waals surface area (Å²) in [6, 6.07) is 8.26. The molecule has 3 aromatic rings. The number of aromatic nitrogens is 2. The molecule has 0 spiro atoms. The molecule has 0 bridgehead atoms. The molecule has 2 aromatic heterocycles. The van der Waals surface area contributed by atoms with Gasteiger partial charge < -0.3 is 14.7 Å². The maximum Gasteiger partial charge on any atom is 0.101 e. The second-order valence-electron chi connectivity index (χ2n) is 4.25. The third-order valence-electron chi connectivity index (χ3n) is 3.01. The molecular weight excluding hydrogens is 280 g/mol. The predicted octanol–water partition coefficient (Wildman–Crippen LogP) is 4.82. The quantitative estimate of drug-likeness (QED) is 0.607. The Bertz CT molecular complexity index is 751. The van der Waals surface area contributed by atoms with Crippen molar-refractivity contribution in [3.63, 3.8) is 0 Å². The number of nitriles is 1. The van der Waals surface area contributed by atoms with Crippen molar-refractivity contribution in [1.82, 2.24) is 9.97 Å². The molecule has 0 aliphatic heterocycles. The molecule has 0 aliphatic carbocycles. The second-order valence-corrected chi connectivity index (χ2v) is 5.12. The Morgan fingerprint density at radius 1 is 1.19 bits per heavy atom. The van der Waals surface area contributed by atoms with E-state index in [4.69, 9.17) is 5.26 Å². The van der Waals surface area contributed by atoms with Crippen molar-refractivity contribution in [3.05, 3.63) is 47.9 Å². The molecular formula is C16H18N4S. The number of H-pyrrole nitrogens is 2. The van der Waals surface area contributed by atoms with E-state index in [-0.39, 0.29) is 0 Å². The highest BCUT2D eigenvalue weighted by Crippen LogP contribution is 2.31. The SMILES string of the molecule is CC.Cc1ccc(NSc2cc[nH]c2)c2[nH]cc(C#N)c12. The van der Waals surface area contributed by atoms with Gasteiger partial charge in [0.2, 0.25) is 0 Å². The number of aromatic amines is 2. The Morgan fingerprint density at radius 2 is 2.00 bits per heavy atom. The summed E-state index contributed by atoms with van der Waals surface area (Å²) in [6.07, 6.45) is 5.57. The number of nitrogens with one attached hydrogen (secondary N) is 3. The average molecular weight is 298 g/mol. The van der Waals surface area contributed by atoms with Crippen LogP contribution in [-0.4, -0.2) is 9.97 Å². The highest BCUT2D eigenvalue weighted by atomic mass is 32.2. The van der Waals surface area contributed by atoms with E-state index in [1.165, 1.54) is 11.9 Å². The van der Waals surface area contributed by atoms with Crippen molar-refractivity contribution in [2.45, 2.75) is 25.7 Å². The summed E-state index contributed by atoms with van der Waals surface area (Å²) in [6.45, 7) is 6.01. The Kier molecular flexibility index (Phi) is 4.96. The van der Waals surface area contributed by atoms with E-state index < -0.39 is 0 Å². The van der Waals surface area contributed by atoms with E-state index in [1.807, 2.05) is 51.4 Å². The molecule has 2 heterocycles. The van der Waals surface area contributed by atoms with Crippen LogP contribution in [0.3, 0.4) is 0 Å². The Labute approximate surface area is 128 Å². The van der Waals surface area contributed by atoms with Gasteiger partial charge in [0, 0.05) is 28.9 Å². The van der Waals surface area contributed by atoms with Gasteiger partial charge in [-0.15, -0.1) is 0 Å². The van der Waals surface area contributed by atoms with Crippen molar-refractivity contribution in [1.29, 1.82) is 5.26 Å². The smallest absolute Gasteiger partial charge is 0.101 e. The molecule has 21 heavy (non-hydrogen) atoms. The normalized spacial score (nSPS) is 9.81. The number of fused-ring (bicyclic) bond motifs is 1. The maximum atomic E-state index is 9.12.